The Bertz CT molecular complexity index is 708. The fourth-order valence-electron chi connectivity index (χ4n) is 1.95. The maximum Gasteiger partial charge on any atom is 0.248 e. The number of nitrogen functional groups attached to an aromatic ring is 1. The lowest BCUT2D eigenvalue weighted by Crippen LogP contribution is -2.12. The van der Waals surface area contributed by atoms with E-state index in [1.54, 1.807) is 32.9 Å². The highest BCUT2D eigenvalue weighted by Gasteiger charge is 2.15. The first-order valence-electron chi connectivity index (χ1n) is 6.18. The van der Waals surface area contributed by atoms with Crippen LogP contribution in [0.5, 0.6) is 11.6 Å². The van der Waals surface area contributed by atoms with E-state index in [2.05, 4.69) is 9.97 Å². The second-order valence-corrected chi connectivity index (χ2v) is 5.04. The molecule has 0 spiro atoms. The summed E-state index contributed by atoms with van der Waals surface area (Å²) in [6.07, 6.45) is 0. The smallest absolute Gasteiger partial charge is 0.248 e. The minimum Gasteiger partial charge on any atom is -0.436 e. The van der Waals surface area contributed by atoms with Gasteiger partial charge in [0.2, 0.25) is 17.1 Å². The van der Waals surface area contributed by atoms with Gasteiger partial charge in [-0.3, -0.25) is 4.79 Å². The van der Waals surface area contributed by atoms with E-state index in [0.717, 1.165) is 11.1 Å². The summed E-state index contributed by atoms with van der Waals surface area (Å²) in [5.41, 5.74) is 13.9. The second-order valence-electron chi connectivity index (χ2n) is 4.70. The van der Waals surface area contributed by atoms with Crippen LogP contribution in [0.25, 0.3) is 0 Å². The van der Waals surface area contributed by atoms with Gasteiger partial charge in [0.25, 0.3) is 0 Å². The number of halogens is 1. The molecule has 21 heavy (non-hydrogen) atoms. The monoisotopic (exact) mass is 306 g/mol. The minimum absolute atomic E-state index is 0.0563. The predicted octanol–water partition coefficient (Wildman–Crippen LogP) is 2.53. The van der Waals surface area contributed by atoms with Crippen molar-refractivity contribution >= 4 is 23.2 Å². The van der Waals surface area contributed by atoms with Crippen LogP contribution in [0.2, 0.25) is 5.28 Å². The molecule has 0 aliphatic heterocycles. The van der Waals surface area contributed by atoms with Crippen molar-refractivity contribution in [2.75, 3.05) is 5.73 Å². The molecule has 0 bridgehead atoms. The van der Waals surface area contributed by atoms with E-state index in [9.17, 15) is 4.79 Å². The Morgan fingerprint density at radius 2 is 1.76 bits per heavy atom. The van der Waals surface area contributed by atoms with Crippen LogP contribution >= 0.6 is 11.6 Å². The van der Waals surface area contributed by atoms with Crippen LogP contribution in [0.4, 0.5) is 5.69 Å². The molecule has 4 N–H and O–H groups in total. The molecule has 1 heterocycles. The lowest BCUT2D eigenvalue weighted by Gasteiger charge is -2.14. The van der Waals surface area contributed by atoms with Crippen LogP contribution in [-0.4, -0.2) is 15.9 Å². The average molecular weight is 307 g/mol. The van der Waals surface area contributed by atoms with Gasteiger partial charge in [0.15, 0.2) is 0 Å². The standard InChI is InChI=1S/C14H15ClN4O2/c1-6-4-9(12(17)20)5-7(2)11(6)21-13-10(16)8(3)18-14(15)19-13/h4-5H,16H2,1-3H3,(H2,17,20). The van der Waals surface area contributed by atoms with Crippen LogP contribution in [0.1, 0.15) is 27.2 Å². The van der Waals surface area contributed by atoms with Gasteiger partial charge in [-0.05, 0) is 55.6 Å². The predicted molar refractivity (Wildman–Crippen MR) is 80.7 cm³/mol. The highest BCUT2D eigenvalue weighted by Crippen LogP contribution is 2.33. The molecule has 0 fully saturated rings. The molecule has 0 radical (unpaired) electrons. The maximum atomic E-state index is 11.2. The molecular formula is C14H15ClN4O2. The molecule has 2 aromatic rings. The summed E-state index contributed by atoms with van der Waals surface area (Å²) >= 11 is 5.82. The Labute approximate surface area is 127 Å². The normalized spacial score (nSPS) is 10.5. The average Bonchev–Trinajstić information content (AvgIpc) is 2.38. The zero-order chi connectivity index (χ0) is 15.7. The Balaban J connectivity index is 2.48. The Hall–Kier alpha value is -2.34. The SMILES string of the molecule is Cc1cc(C(N)=O)cc(C)c1Oc1nc(Cl)nc(C)c1N. The molecule has 2 rings (SSSR count). The summed E-state index contributed by atoms with van der Waals surface area (Å²) in [4.78, 5) is 19.2. The third kappa shape index (κ3) is 3.05. The van der Waals surface area contributed by atoms with Crippen molar-refractivity contribution in [1.82, 2.24) is 9.97 Å². The van der Waals surface area contributed by atoms with E-state index >= 15 is 0 Å². The van der Waals surface area contributed by atoms with E-state index in [4.69, 9.17) is 27.8 Å². The van der Waals surface area contributed by atoms with E-state index < -0.39 is 5.91 Å². The van der Waals surface area contributed by atoms with Crippen molar-refractivity contribution in [2.45, 2.75) is 20.8 Å². The van der Waals surface area contributed by atoms with Crippen LogP contribution in [0.15, 0.2) is 12.1 Å². The maximum absolute atomic E-state index is 11.2. The third-order valence-electron chi connectivity index (χ3n) is 3.02. The second kappa shape index (κ2) is 5.57. The summed E-state index contributed by atoms with van der Waals surface area (Å²) in [6, 6.07) is 3.30. The van der Waals surface area contributed by atoms with Crippen molar-refractivity contribution in [3.63, 3.8) is 0 Å². The van der Waals surface area contributed by atoms with Crippen molar-refractivity contribution in [2.24, 2.45) is 5.73 Å². The van der Waals surface area contributed by atoms with Gasteiger partial charge in [0.05, 0.1) is 5.69 Å². The van der Waals surface area contributed by atoms with Gasteiger partial charge >= 0.3 is 0 Å². The minimum atomic E-state index is -0.492. The molecule has 1 aromatic carbocycles. The molecule has 0 aliphatic rings. The Kier molecular flexibility index (Phi) is 3.99. The van der Waals surface area contributed by atoms with E-state index in [1.165, 1.54) is 0 Å². The van der Waals surface area contributed by atoms with Crippen molar-refractivity contribution in [1.29, 1.82) is 0 Å². The first-order chi connectivity index (χ1) is 9.79. The Morgan fingerprint density at radius 3 is 2.29 bits per heavy atom. The number of aryl methyl sites for hydroxylation is 3. The molecule has 0 atom stereocenters. The number of primary amides is 1. The summed E-state index contributed by atoms with van der Waals surface area (Å²) in [5.74, 6) is 0.250. The van der Waals surface area contributed by atoms with E-state index in [-0.39, 0.29) is 11.2 Å². The molecule has 7 heteroatoms. The number of carbonyl (C=O) groups is 1. The first kappa shape index (κ1) is 15.1. The Morgan fingerprint density at radius 1 is 1.19 bits per heavy atom. The third-order valence-corrected chi connectivity index (χ3v) is 3.19. The number of amides is 1. The number of hydrogen-bond acceptors (Lipinski definition) is 5. The number of aromatic nitrogens is 2. The summed E-state index contributed by atoms with van der Waals surface area (Å²) in [7, 11) is 0. The summed E-state index contributed by atoms with van der Waals surface area (Å²) in [6.45, 7) is 5.33. The van der Waals surface area contributed by atoms with Gasteiger partial charge in [-0.2, -0.15) is 4.98 Å². The molecule has 1 aromatic heterocycles. The quantitative estimate of drug-likeness (QED) is 0.848. The number of nitrogens with zero attached hydrogens (tertiary/aromatic N) is 2. The molecule has 0 saturated heterocycles. The van der Waals surface area contributed by atoms with E-state index in [0.29, 0.717) is 22.7 Å². The van der Waals surface area contributed by atoms with Crippen molar-refractivity contribution < 1.29 is 9.53 Å². The number of anilines is 1. The van der Waals surface area contributed by atoms with Crippen LogP contribution in [-0.2, 0) is 0 Å². The topological polar surface area (TPSA) is 104 Å². The number of ether oxygens (including phenoxy) is 1. The lowest BCUT2D eigenvalue weighted by molar-refractivity contribution is 0.1000. The molecule has 6 nitrogen and oxygen atoms in total. The van der Waals surface area contributed by atoms with E-state index in [1.807, 2.05) is 0 Å². The number of carbonyl (C=O) groups excluding carboxylic acids is 1. The summed E-state index contributed by atoms with van der Waals surface area (Å²) in [5, 5.41) is 0.0563. The zero-order valence-electron chi connectivity index (χ0n) is 11.9. The fourth-order valence-corrected chi connectivity index (χ4v) is 2.15. The first-order valence-corrected chi connectivity index (χ1v) is 6.56. The highest BCUT2D eigenvalue weighted by atomic mass is 35.5. The zero-order valence-corrected chi connectivity index (χ0v) is 12.7. The van der Waals surface area contributed by atoms with Gasteiger partial charge < -0.3 is 16.2 Å². The van der Waals surface area contributed by atoms with Crippen molar-refractivity contribution in [3.05, 3.63) is 39.8 Å². The molecular weight excluding hydrogens is 292 g/mol. The van der Waals surface area contributed by atoms with Gasteiger partial charge in [-0.1, -0.05) is 0 Å². The molecule has 0 saturated carbocycles. The van der Waals surface area contributed by atoms with Crippen molar-refractivity contribution in [3.8, 4) is 11.6 Å². The van der Waals surface area contributed by atoms with Gasteiger partial charge in [0, 0.05) is 5.56 Å². The van der Waals surface area contributed by atoms with Gasteiger partial charge in [-0.25, -0.2) is 4.98 Å². The number of benzene rings is 1. The van der Waals surface area contributed by atoms with Crippen LogP contribution in [0, 0.1) is 20.8 Å². The number of hydrogen-bond donors (Lipinski definition) is 2. The largest absolute Gasteiger partial charge is 0.436 e. The van der Waals surface area contributed by atoms with Crippen LogP contribution < -0.4 is 16.2 Å². The van der Waals surface area contributed by atoms with Crippen LogP contribution in [0.3, 0.4) is 0 Å². The fraction of sp³-hybridized carbons (Fsp3) is 0.214. The van der Waals surface area contributed by atoms with Gasteiger partial charge in [0.1, 0.15) is 11.4 Å². The highest BCUT2D eigenvalue weighted by molar-refractivity contribution is 6.28. The molecule has 1 amide bonds. The molecule has 0 unspecified atom stereocenters. The summed E-state index contributed by atoms with van der Waals surface area (Å²) < 4.78 is 5.75. The molecule has 110 valence electrons. The molecule has 0 aliphatic carbocycles. The number of nitrogens with two attached hydrogens (primary N) is 2. The number of rotatable bonds is 3. The lowest BCUT2D eigenvalue weighted by atomic mass is 10.1. The van der Waals surface area contributed by atoms with Gasteiger partial charge in [-0.15, -0.1) is 0 Å².